The molecule has 3 N–H and O–H groups in total. The Balaban J connectivity index is 2.46. The summed E-state index contributed by atoms with van der Waals surface area (Å²) in [5, 5.41) is 4.29. The van der Waals surface area contributed by atoms with Crippen LogP contribution in [-0.2, 0) is 0 Å². The molecule has 2 aromatic rings. The molecule has 0 aliphatic rings. The summed E-state index contributed by atoms with van der Waals surface area (Å²) in [7, 11) is 0. The number of hydrogen-bond acceptors (Lipinski definition) is 7. The molecule has 0 aromatic carbocycles. The first-order valence-corrected chi connectivity index (χ1v) is 6.18. The van der Waals surface area contributed by atoms with Crippen LogP contribution in [0, 0.1) is 6.92 Å². The fourth-order valence-electron chi connectivity index (χ4n) is 1.70. The van der Waals surface area contributed by atoms with E-state index in [0.29, 0.717) is 17.8 Å². The molecule has 8 nitrogen and oxygen atoms in total. The van der Waals surface area contributed by atoms with Gasteiger partial charge in [-0.2, -0.15) is 20.1 Å². The number of hydrazine groups is 1. The maximum atomic E-state index is 5.40. The van der Waals surface area contributed by atoms with Gasteiger partial charge in [0.25, 0.3) is 5.95 Å². The highest BCUT2D eigenvalue weighted by Crippen LogP contribution is 2.12. The second-order valence-corrected chi connectivity index (χ2v) is 3.98. The molecule has 0 aliphatic carbocycles. The van der Waals surface area contributed by atoms with Crippen LogP contribution in [0.5, 0.6) is 0 Å². The maximum absolute atomic E-state index is 5.40. The van der Waals surface area contributed by atoms with E-state index in [2.05, 4.69) is 25.5 Å². The maximum Gasteiger partial charge on any atom is 0.257 e. The zero-order valence-corrected chi connectivity index (χ0v) is 11.3. The SMILES string of the molecule is CCN(CC)c1nc(NN)nc(-n2ccc(C)n2)n1. The van der Waals surface area contributed by atoms with E-state index in [-0.39, 0.29) is 0 Å². The first kappa shape index (κ1) is 13.2. The quantitative estimate of drug-likeness (QED) is 0.598. The Morgan fingerprint density at radius 3 is 2.53 bits per heavy atom. The van der Waals surface area contributed by atoms with Gasteiger partial charge in [-0.15, -0.1) is 0 Å². The largest absolute Gasteiger partial charge is 0.341 e. The highest BCUT2D eigenvalue weighted by molar-refractivity contribution is 5.39. The third-order valence-electron chi connectivity index (χ3n) is 2.71. The summed E-state index contributed by atoms with van der Waals surface area (Å²) >= 11 is 0. The van der Waals surface area contributed by atoms with Gasteiger partial charge < -0.3 is 4.90 Å². The molecule has 2 aromatic heterocycles. The van der Waals surface area contributed by atoms with Crippen LogP contribution in [0.15, 0.2) is 12.3 Å². The van der Waals surface area contributed by atoms with Gasteiger partial charge in [-0.3, -0.25) is 5.43 Å². The Labute approximate surface area is 111 Å². The van der Waals surface area contributed by atoms with Crippen molar-refractivity contribution < 1.29 is 0 Å². The average Bonchev–Trinajstić information content (AvgIpc) is 2.86. The minimum atomic E-state index is 0.319. The predicted molar refractivity (Wildman–Crippen MR) is 73.1 cm³/mol. The molecule has 0 saturated carbocycles. The Kier molecular flexibility index (Phi) is 3.91. The van der Waals surface area contributed by atoms with Crippen LogP contribution in [0.1, 0.15) is 19.5 Å². The monoisotopic (exact) mass is 262 g/mol. The summed E-state index contributed by atoms with van der Waals surface area (Å²) < 4.78 is 1.60. The van der Waals surface area contributed by atoms with Crippen LogP contribution in [0.3, 0.4) is 0 Å². The minimum Gasteiger partial charge on any atom is -0.341 e. The third-order valence-corrected chi connectivity index (χ3v) is 2.71. The van der Waals surface area contributed by atoms with E-state index in [1.807, 2.05) is 31.7 Å². The van der Waals surface area contributed by atoms with E-state index in [1.54, 1.807) is 10.9 Å². The molecule has 2 heterocycles. The minimum absolute atomic E-state index is 0.319. The number of anilines is 2. The zero-order valence-electron chi connectivity index (χ0n) is 11.3. The Morgan fingerprint density at radius 1 is 1.26 bits per heavy atom. The molecule has 0 bridgehead atoms. The lowest BCUT2D eigenvalue weighted by Gasteiger charge is -2.19. The highest BCUT2D eigenvalue weighted by atomic mass is 15.4. The molecule has 2 rings (SSSR count). The van der Waals surface area contributed by atoms with Crippen LogP contribution >= 0.6 is 0 Å². The predicted octanol–water partition coefficient (Wildman–Crippen LogP) is 0.498. The standard InChI is InChI=1S/C11H18N8/c1-4-18(5-2)10-13-9(16-12)14-11(15-10)19-7-6-8(3)17-19/h6-7H,4-5,12H2,1-3H3,(H,13,14,15,16). The number of aromatic nitrogens is 5. The summed E-state index contributed by atoms with van der Waals surface area (Å²) in [6.45, 7) is 7.61. The van der Waals surface area contributed by atoms with Gasteiger partial charge in [-0.25, -0.2) is 10.5 Å². The average molecular weight is 262 g/mol. The van der Waals surface area contributed by atoms with Crippen molar-refractivity contribution in [1.29, 1.82) is 0 Å². The van der Waals surface area contributed by atoms with Crippen LogP contribution < -0.4 is 16.2 Å². The molecule has 0 aliphatic heterocycles. The molecular formula is C11H18N8. The molecule has 0 fully saturated rings. The fraction of sp³-hybridized carbons (Fsp3) is 0.455. The van der Waals surface area contributed by atoms with Crippen molar-refractivity contribution in [2.75, 3.05) is 23.4 Å². The number of aryl methyl sites for hydroxylation is 1. The molecule has 8 heteroatoms. The van der Waals surface area contributed by atoms with E-state index in [0.717, 1.165) is 18.8 Å². The fourth-order valence-corrected chi connectivity index (χ4v) is 1.70. The van der Waals surface area contributed by atoms with Gasteiger partial charge in [-0.1, -0.05) is 0 Å². The van der Waals surface area contributed by atoms with Crippen molar-refractivity contribution in [1.82, 2.24) is 24.7 Å². The van der Waals surface area contributed by atoms with Gasteiger partial charge in [0, 0.05) is 19.3 Å². The molecule has 0 radical (unpaired) electrons. The topological polar surface area (TPSA) is 97.8 Å². The number of rotatable bonds is 5. The lowest BCUT2D eigenvalue weighted by Crippen LogP contribution is -2.26. The third kappa shape index (κ3) is 2.79. The van der Waals surface area contributed by atoms with Gasteiger partial charge >= 0.3 is 0 Å². The van der Waals surface area contributed by atoms with Crippen molar-refractivity contribution >= 4 is 11.9 Å². The molecule has 0 atom stereocenters. The second-order valence-electron chi connectivity index (χ2n) is 3.98. The number of nitrogens with zero attached hydrogens (tertiary/aromatic N) is 6. The second kappa shape index (κ2) is 5.61. The van der Waals surface area contributed by atoms with Crippen LogP contribution in [0.4, 0.5) is 11.9 Å². The van der Waals surface area contributed by atoms with Crippen molar-refractivity contribution in [3.63, 3.8) is 0 Å². The molecular weight excluding hydrogens is 244 g/mol. The van der Waals surface area contributed by atoms with Crippen molar-refractivity contribution in [2.24, 2.45) is 5.84 Å². The van der Waals surface area contributed by atoms with E-state index >= 15 is 0 Å². The van der Waals surface area contributed by atoms with Crippen molar-refractivity contribution in [3.8, 4) is 5.95 Å². The highest BCUT2D eigenvalue weighted by Gasteiger charge is 2.12. The molecule has 0 unspecified atom stereocenters. The zero-order chi connectivity index (χ0) is 13.8. The molecule has 19 heavy (non-hydrogen) atoms. The lowest BCUT2D eigenvalue weighted by atomic mass is 10.5. The first-order valence-electron chi connectivity index (χ1n) is 6.18. The first-order chi connectivity index (χ1) is 9.17. The Hall–Kier alpha value is -2.22. The van der Waals surface area contributed by atoms with E-state index in [1.165, 1.54) is 0 Å². The lowest BCUT2D eigenvalue weighted by molar-refractivity contribution is 0.757. The van der Waals surface area contributed by atoms with Crippen LogP contribution in [-0.4, -0.2) is 37.8 Å². The Bertz CT molecular complexity index is 545. The summed E-state index contributed by atoms with van der Waals surface area (Å²) in [5.41, 5.74) is 3.35. The van der Waals surface area contributed by atoms with Gasteiger partial charge in [0.05, 0.1) is 5.69 Å². The molecule has 102 valence electrons. The number of nitrogen functional groups attached to an aromatic ring is 1. The summed E-state index contributed by atoms with van der Waals surface area (Å²) in [6, 6.07) is 1.89. The summed E-state index contributed by atoms with van der Waals surface area (Å²) in [4.78, 5) is 14.9. The van der Waals surface area contributed by atoms with Crippen molar-refractivity contribution in [2.45, 2.75) is 20.8 Å². The van der Waals surface area contributed by atoms with E-state index < -0.39 is 0 Å². The van der Waals surface area contributed by atoms with Crippen LogP contribution in [0.25, 0.3) is 5.95 Å². The Morgan fingerprint density at radius 2 is 2.00 bits per heavy atom. The van der Waals surface area contributed by atoms with Crippen LogP contribution in [0.2, 0.25) is 0 Å². The molecule has 0 amide bonds. The number of hydrogen-bond donors (Lipinski definition) is 2. The molecule has 0 saturated heterocycles. The molecule has 0 spiro atoms. The normalized spacial score (nSPS) is 10.5. The van der Waals surface area contributed by atoms with Gasteiger partial charge in [0.1, 0.15) is 0 Å². The number of nitrogens with two attached hydrogens (primary N) is 1. The van der Waals surface area contributed by atoms with Crippen molar-refractivity contribution in [3.05, 3.63) is 18.0 Å². The number of nitrogens with one attached hydrogen (secondary N) is 1. The summed E-state index contributed by atoms with van der Waals surface area (Å²) in [6.07, 6.45) is 1.80. The van der Waals surface area contributed by atoms with Gasteiger partial charge in [0.2, 0.25) is 11.9 Å². The summed E-state index contributed by atoms with van der Waals surface area (Å²) in [5.74, 6) is 6.74. The smallest absolute Gasteiger partial charge is 0.257 e. The van der Waals surface area contributed by atoms with E-state index in [9.17, 15) is 0 Å². The van der Waals surface area contributed by atoms with E-state index in [4.69, 9.17) is 5.84 Å². The van der Waals surface area contributed by atoms with Gasteiger partial charge in [0.15, 0.2) is 0 Å². The van der Waals surface area contributed by atoms with Gasteiger partial charge in [-0.05, 0) is 26.8 Å².